The van der Waals surface area contributed by atoms with Crippen molar-refractivity contribution < 1.29 is 24.0 Å². The van der Waals surface area contributed by atoms with Crippen LogP contribution in [0.1, 0.15) is 6.92 Å². The highest BCUT2D eigenvalue weighted by Crippen LogP contribution is 1.42. The molecule has 0 aliphatic carbocycles. The first-order valence-electron chi connectivity index (χ1n) is 0.928. The van der Waals surface area contributed by atoms with Gasteiger partial charge in [0.15, 0.2) is 0 Å². The Morgan fingerprint density at radius 3 is 1.29 bits per heavy atom. The summed E-state index contributed by atoms with van der Waals surface area (Å²) < 4.78 is 0. The van der Waals surface area contributed by atoms with Crippen LogP contribution in [-0.4, -0.2) is 11.1 Å². The molecule has 0 atom stereocenters. The maximum absolute atomic E-state index is 9.00. The molecule has 1 N–H and O–H groups in total. The zero-order valence-corrected chi connectivity index (χ0v) is 3.58. The summed E-state index contributed by atoms with van der Waals surface area (Å²) in [5.41, 5.74) is 0. The van der Waals surface area contributed by atoms with Crippen LogP contribution in [0.25, 0.3) is 0 Å². The fraction of sp³-hybridized carbons (Fsp3) is 0.500. The molecule has 0 aliphatic heterocycles. The highest BCUT2D eigenvalue weighted by molar-refractivity contribution is 5.62. The molecular formula is C2H7F3O2. The molecule has 0 radical (unpaired) electrons. The van der Waals surface area contributed by atoms with E-state index in [2.05, 4.69) is 0 Å². The maximum Gasteiger partial charge on any atom is 0.300 e. The molecule has 7 heavy (non-hydrogen) atoms. The van der Waals surface area contributed by atoms with Crippen molar-refractivity contribution >= 4 is 5.97 Å². The topological polar surface area (TPSA) is 37.3 Å². The lowest BCUT2D eigenvalue weighted by molar-refractivity contribution is -0.134. The van der Waals surface area contributed by atoms with E-state index in [0.717, 1.165) is 6.92 Å². The molecular weight excluding hydrogens is 113 g/mol. The molecule has 48 valence electrons. The van der Waals surface area contributed by atoms with Crippen molar-refractivity contribution in [2.24, 2.45) is 0 Å². The quantitative estimate of drug-likeness (QED) is 0.506. The van der Waals surface area contributed by atoms with E-state index in [1.807, 2.05) is 0 Å². The Morgan fingerprint density at radius 2 is 1.29 bits per heavy atom. The zero-order chi connectivity index (χ0) is 3.58. The van der Waals surface area contributed by atoms with Gasteiger partial charge < -0.3 is 5.11 Å². The SMILES string of the molecule is CC(=O)O.F.F.F. The van der Waals surface area contributed by atoms with Crippen molar-refractivity contribution in [2.45, 2.75) is 6.92 Å². The fourth-order valence-corrected chi connectivity index (χ4v) is 0. The summed E-state index contributed by atoms with van der Waals surface area (Å²) in [4.78, 5) is 9.00. The first-order valence-corrected chi connectivity index (χ1v) is 0.928. The molecule has 0 spiro atoms. The molecule has 0 heterocycles. The first-order chi connectivity index (χ1) is 1.73. The first kappa shape index (κ1) is 33.9. The highest BCUT2D eigenvalue weighted by Gasteiger charge is 1.65. The van der Waals surface area contributed by atoms with E-state index in [-0.39, 0.29) is 14.1 Å². The van der Waals surface area contributed by atoms with Crippen molar-refractivity contribution in [2.75, 3.05) is 0 Å². The molecule has 5 heteroatoms. The average Bonchev–Trinajstić information content (AvgIpc) is 0.811. The number of carbonyl (C=O) groups is 1. The van der Waals surface area contributed by atoms with Crippen LogP contribution in [-0.2, 0) is 4.79 Å². The van der Waals surface area contributed by atoms with E-state index in [4.69, 9.17) is 9.90 Å². The van der Waals surface area contributed by atoms with Crippen LogP contribution in [0.3, 0.4) is 0 Å². The van der Waals surface area contributed by atoms with Gasteiger partial charge in [0.2, 0.25) is 0 Å². The van der Waals surface area contributed by atoms with Gasteiger partial charge in [-0.1, -0.05) is 0 Å². The molecule has 0 rings (SSSR count). The standard InChI is InChI=1S/C2H4O2.3FH/c1-2(3)4;;;/h1H3,(H,3,4);3*1H. The second kappa shape index (κ2) is 18.7. The Balaban J connectivity index is -0.0000000150. The molecule has 0 aromatic carbocycles. The lowest BCUT2D eigenvalue weighted by Crippen LogP contribution is -1.78. The summed E-state index contributed by atoms with van der Waals surface area (Å²) in [5.74, 6) is -0.833. The van der Waals surface area contributed by atoms with Crippen LogP contribution in [0, 0.1) is 0 Å². The number of rotatable bonds is 0. The van der Waals surface area contributed by atoms with Crippen LogP contribution >= 0.6 is 0 Å². The third-order valence-corrected chi connectivity index (χ3v) is 0. The summed E-state index contributed by atoms with van der Waals surface area (Å²) in [6.07, 6.45) is 0. The Bertz CT molecular complexity index is 33.9. The predicted molar refractivity (Wildman–Crippen MR) is 20.8 cm³/mol. The van der Waals surface area contributed by atoms with Gasteiger partial charge in [0.05, 0.1) is 0 Å². The molecule has 0 bridgehead atoms. The molecule has 0 saturated carbocycles. The molecule has 2 nitrogen and oxygen atoms in total. The summed E-state index contributed by atoms with van der Waals surface area (Å²) in [5, 5.41) is 7.42. The second-order valence-corrected chi connectivity index (χ2v) is 0.519. The van der Waals surface area contributed by atoms with E-state index in [9.17, 15) is 0 Å². The van der Waals surface area contributed by atoms with E-state index in [1.54, 1.807) is 0 Å². The maximum atomic E-state index is 9.00. The van der Waals surface area contributed by atoms with Gasteiger partial charge in [-0.25, -0.2) is 0 Å². The van der Waals surface area contributed by atoms with Gasteiger partial charge in [-0.15, -0.1) is 0 Å². The normalized spacial score (nSPS) is 3.57. The Labute approximate surface area is 38.2 Å². The predicted octanol–water partition coefficient (Wildman–Crippen LogP) is 0.548. The lowest BCUT2D eigenvalue weighted by Gasteiger charge is -1.59. The minimum atomic E-state index is -0.833. The monoisotopic (exact) mass is 120 g/mol. The van der Waals surface area contributed by atoms with Crippen LogP contribution in [0.5, 0.6) is 0 Å². The fourth-order valence-electron chi connectivity index (χ4n) is 0. The number of hydrogen-bond acceptors (Lipinski definition) is 1. The van der Waals surface area contributed by atoms with Crippen molar-refractivity contribution in [3.63, 3.8) is 0 Å². The summed E-state index contributed by atoms with van der Waals surface area (Å²) in [6.45, 7) is 1.08. The average molecular weight is 120 g/mol. The number of hydrogen-bond donors (Lipinski definition) is 1. The number of halogens is 3. The van der Waals surface area contributed by atoms with Gasteiger partial charge >= 0.3 is 0 Å². The van der Waals surface area contributed by atoms with Crippen molar-refractivity contribution in [1.82, 2.24) is 0 Å². The molecule has 0 aromatic rings. The van der Waals surface area contributed by atoms with Crippen LogP contribution < -0.4 is 0 Å². The van der Waals surface area contributed by atoms with Gasteiger partial charge in [-0.2, -0.15) is 0 Å². The Hall–Kier alpha value is -0.740. The van der Waals surface area contributed by atoms with Gasteiger partial charge in [0.1, 0.15) is 0 Å². The molecule has 0 amide bonds. The van der Waals surface area contributed by atoms with Crippen molar-refractivity contribution in [1.29, 1.82) is 0 Å². The molecule has 0 aliphatic rings. The van der Waals surface area contributed by atoms with Crippen molar-refractivity contribution in [3.8, 4) is 0 Å². The largest absolute Gasteiger partial charge is 0.481 e. The smallest absolute Gasteiger partial charge is 0.300 e. The van der Waals surface area contributed by atoms with E-state index >= 15 is 0 Å². The van der Waals surface area contributed by atoms with E-state index in [1.165, 1.54) is 0 Å². The number of aliphatic carboxylic acids is 1. The minimum absolute atomic E-state index is 0. The molecule has 0 unspecified atom stereocenters. The molecule has 0 fully saturated rings. The van der Waals surface area contributed by atoms with Gasteiger partial charge in [-0.05, 0) is 0 Å². The van der Waals surface area contributed by atoms with E-state index in [0.29, 0.717) is 0 Å². The van der Waals surface area contributed by atoms with Crippen LogP contribution in [0.2, 0.25) is 0 Å². The number of carboxylic acids is 1. The van der Waals surface area contributed by atoms with Gasteiger partial charge in [0.25, 0.3) is 5.97 Å². The van der Waals surface area contributed by atoms with Gasteiger partial charge in [0, 0.05) is 6.92 Å². The van der Waals surface area contributed by atoms with Crippen molar-refractivity contribution in [3.05, 3.63) is 0 Å². The second-order valence-electron chi connectivity index (χ2n) is 0.519. The Morgan fingerprint density at radius 1 is 1.29 bits per heavy atom. The van der Waals surface area contributed by atoms with Gasteiger partial charge in [-0.3, -0.25) is 18.9 Å². The summed E-state index contributed by atoms with van der Waals surface area (Å²) in [6, 6.07) is 0. The minimum Gasteiger partial charge on any atom is -0.481 e. The molecule has 0 aromatic heterocycles. The molecule has 0 saturated heterocycles. The number of carboxylic acid groups (broad SMARTS) is 1. The summed E-state index contributed by atoms with van der Waals surface area (Å²) in [7, 11) is 0. The third-order valence-electron chi connectivity index (χ3n) is 0. The lowest BCUT2D eigenvalue weighted by atomic mass is 10.9. The highest BCUT2D eigenvalue weighted by atomic mass is 19.0. The Kier molecular flexibility index (Phi) is 90.5. The zero-order valence-electron chi connectivity index (χ0n) is 3.58. The summed E-state index contributed by atoms with van der Waals surface area (Å²) >= 11 is 0. The van der Waals surface area contributed by atoms with E-state index < -0.39 is 5.97 Å². The third kappa shape index (κ3) is 102. The van der Waals surface area contributed by atoms with Crippen LogP contribution in [0.15, 0.2) is 0 Å². The van der Waals surface area contributed by atoms with Crippen LogP contribution in [0.4, 0.5) is 14.1 Å².